The highest BCUT2D eigenvalue weighted by Gasteiger charge is 2.02. The fourth-order valence-corrected chi connectivity index (χ4v) is 3.44. The minimum absolute atomic E-state index is 0.381. The lowest BCUT2D eigenvalue weighted by Gasteiger charge is -2.04. The Hall–Kier alpha value is -2.88. The molecule has 0 aliphatic heterocycles. The van der Waals surface area contributed by atoms with Crippen molar-refractivity contribution >= 4 is 11.9 Å². The van der Waals surface area contributed by atoms with Crippen molar-refractivity contribution in [2.75, 3.05) is 13.2 Å². The van der Waals surface area contributed by atoms with E-state index in [2.05, 4.69) is 48.5 Å². The van der Waals surface area contributed by atoms with Crippen molar-refractivity contribution in [2.24, 2.45) is 0 Å². The second-order valence-electron chi connectivity index (χ2n) is 7.97. The van der Waals surface area contributed by atoms with Crippen molar-refractivity contribution in [1.82, 2.24) is 0 Å². The predicted octanol–water partition coefficient (Wildman–Crippen LogP) is 6.24. The molecule has 172 valence electrons. The van der Waals surface area contributed by atoms with Gasteiger partial charge in [-0.1, -0.05) is 86.3 Å². The van der Waals surface area contributed by atoms with Gasteiger partial charge in [0, 0.05) is 12.2 Å². The zero-order chi connectivity index (χ0) is 22.7. The van der Waals surface area contributed by atoms with Gasteiger partial charge in [0.05, 0.1) is 13.2 Å². The number of rotatable bonds is 16. The van der Waals surface area contributed by atoms with Crippen LogP contribution < -0.4 is 0 Å². The van der Waals surface area contributed by atoms with E-state index in [-0.39, 0.29) is 0 Å². The molecule has 0 aliphatic rings. The van der Waals surface area contributed by atoms with Gasteiger partial charge in [0.2, 0.25) is 0 Å². The van der Waals surface area contributed by atoms with E-state index in [1.54, 1.807) is 0 Å². The highest BCUT2D eigenvalue weighted by atomic mass is 16.5. The van der Waals surface area contributed by atoms with Crippen LogP contribution in [0.4, 0.5) is 0 Å². The van der Waals surface area contributed by atoms with Gasteiger partial charge in [0.15, 0.2) is 0 Å². The van der Waals surface area contributed by atoms with Gasteiger partial charge in [-0.05, 0) is 49.7 Å². The van der Waals surface area contributed by atoms with E-state index in [0.29, 0.717) is 13.2 Å². The monoisotopic (exact) mass is 436 g/mol. The third kappa shape index (κ3) is 12.7. The lowest BCUT2D eigenvalue weighted by atomic mass is 10.1. The third-order valence-corrected chi connectivity index (χ3v) is 5.25. The van der Waals surface area contributed by atoms with Crippen molar-refractivity contribution in [2.45, 2.75) is 64.2 Å². The van der Waals surface area contributed by atoms with E-state index in [4.69, 9.17) is 9.47 Å². The number of esters is 2. The fraction of sp³-hybridized carbons (Fsp3) is 0.429. The number of ether oxygens (including phenoxy) is 2. The molecule has 0 fully saturated rings. The Balaban J connectivity index is 1.39. The largest absolute Gasteiger partial charge is 0.463 e. The Morgan fingerprint density at radius 3 is 1.31 bits per heavy atom. The molecule has 0 atom stereocenters. The van der Waals surface area contributed by atoms with Crippen LogP contribution in [0, 0.1) is 0 Å². The maximum absolute atomic E-state index is 11.7. The predicted molar refractivity (Wildman–Crippen MR) is 128 cm³/mol. The molecule has 2 aromatic carbocycles. The molecule has 0 bridgehead atoms. The Labute approximate surface area is 192 Å². The van der Waals surface area contributed by atoms with E-state index >= 15 is 0 Å². The number of hydrogen-bond donors (Lipinski definition) is 0. The molecule has 0 aliphatic carbocycles. The van der Waals surface area contributed by atoms with E-state index in [9.17, 15) is 9.59 Å². The minimum atomic E-state index is -0.493. The molecule has 0 amide bonds. The first-order valence-corrected chi connectivity index (χ1v) is 11.8. The summed E-state index contributed by atoms with van der Waals surface area (Å²) in [5.74, 6) is -0.987. The first kappa shape index (κ1) is 25.4. The molecule has 0 saturated carbocycles. The van der Waals surface area contributed by atoms with Gasteiger partial charge < -0.3 is 9.47 Å². The van der Waals surface area contributed by atoms with Gasteiger partial charge in [-0.25, -0.2) is 9.59 Å². The van der Waals surface area contributed by atoms with E-state index in [1.165, 1.54) is 11.1 Å². The van der Waals surface area contributed by atoms with E-state index in [0.717, 1.165) is 76.4 Å². The number of aryl methyl sites for hydroxylation is 2. The molecule has 0 saturated heterocycles. The molecule has 0 N–H and O–H groups in total. The smallest absolute Gasteiger partial charge is 0.331 e. The number of carbonyl (C=O) groups excluding carboxylic acids is 2. The summed E-state index contributed by atoms with van der Waals surface area (Å²) in [6.07, 6.45) is 12.7. The molecule has 2 rings (SSSR count). The average molecular weight is 437 g/mol. The number of carbonyl (C=O) groups is 2. The normalized spacial score (nSPS) is 10.9. The zero-order valence-electron chi connectivity index (χ0n) is 19.0. The molecular formula is C28H36O4. The summed E-state index contributed by atoms with van der Waals surface area (Å²) < 4.78 is 10.3. The third-order valence-electron chi connectivity index (χ3n) is 5.25. The Kier molecular flexibility index (Phi) is 13.3. The lowest BCUT2D eigenvalue weighted by molar-refractivity contribution is -0.140. The molecule has 0 spiro atoms. The topological polar surface area (TPSA) is 52.6 Å². The molecule has 4 nitrogen and oxygen atoms in total. The van der Waals surface area contributed by atoms with Gasteiger partial charge in [0.25, 0.3) is 0 Å². The number of benzene rings is 2. The molecule has 2 aromatic rings. The van der Waals surface area contributed by atoms with Gasteiger partial charge in [-0.3, -0.25) is 0 Å². The van der Waals surface area contributed by atoms with E-state index in [1.807, 2.05) is 12.1 Å². The maximum Gasteiger partial charge on any atom is 0.331 e. The van der Waals surface area contributed by atoms with Crippen LogP contribution in [0.1, 0.15) is 62.5 Å². The first-order valence-electron chi connectivity index (χ1n) is 11.8. The van der Waals surface area contributed by atoms with Crippen LogP contribution >= 0.6 is 0 Å². The fourth-order valence-electron chi connectivity index (χ4n) is 3.44. The van der Waals surface area contributed by atoms with Crippen LogP contribution in [0.2, 0.25) is 0 Å². The second-order valence-corrected chi connectivity index (χ2v) is 7.97. The summed E-state index contributed by atoms with van der Waals surface area (Å²) in [7, 11) is 0. The highest BCUT2D eigenvalue weighted by Crippen LogP contribution is 2.09. The average Bonchev–Trinajstić information content (AvgIpc) is 2.83. The summed E-state index contributed by atoms with van der Waals surface area (Å²) in [6, 6.07) is 20.9. The number of hydrogen-bond acceptors (Lipinski definition) is 4. The van der Waals surface area contributed by atoms with Crippen LogP contribution in [0.15, 0.2) is 72.8 Å². The van der Waals surface area contributed by atoms with E-state index < -0.39 is 11.9 Å². The van der Waals surface area contributed by atoms with Crippen LogP contribution in [-0.2, 0) is 31.9 Å². The first-order chi connectivity index (χ1) is 15.7. The Bertz CT molecular complexity index is 716. The quantitative estimate of drug-likeness (QED) is 0.178. The van der Waals surface area contributed by atoms with Crippen molar-refractivity contribution in [3.8, 4) is 0 Å². The van der Waals surface area contributed by atoms with Gasteiger partial charge in [-0.2, -0.15) is 0 Å². The molecule has 4 heteroatoms. The maximum atomic E-state index is 11.7. The van der Waals surface area contributed by atoms with Crippen LogP contribution in [0.25, 0.3) is 0 Å². The highest BCUT2D eigenvalue weighted by molar-refractivity contribution is 5.91. The summed E-state index contributed by atoms with van der Waals surface area (Å²) in [5, 5.41) is 0. The summed E-state index contributed by atoms with van der Waals surface area (Å²) >= 11 is 0. The van der Waals surface area contributed by atoms with Crippen molar-refractivity contribution in [1.29, 1.82) is 0 Å². The van der Waals surface area contributed by atoms with Crippen molar-refractivity contribution in [3.05, 3.63) is 83.9 Å². The Morgan fingerprint density at radius 1 is 0.531 bits per heavy atom. The van der Waals surface area contributed by atoms with Crippen LogP contribution in [0.3, 0.4) is 0 Å². The molecule has 0 heterocycles. The summed E-state index contributed by atoms with van der Waals surface area (Å²) in [6.45, 7) is 0.763. The summed E-state index contributed by atoms with van der Waals surface area (Å²) in [5.41, 5.74) is 2.72. The second kappa shape index (κ2) is 16.8. The van der Waals surface area contributed by atoms with Gasteiger partial charge in [0.1, 0.15) is 0 Å². The van der Waals surface area contributed by atoms with Gasteiger partial charge >= 0.3 is 11.9 Å². The standard InChI is InChI=1S/C28H36O4/c29-27(31-23-13-3-1-7-15-25-17-9-5-10-18-25)21-22-28(30)32-24-14-4-2-8-16-26-19-11-6-12-20-26/h5-6,9-12,17-22H,1-4,7-8,13-16,23-24H2/b22-21-. The van der Waals surface area contributed by atoms with Crippen molar-refractivity contribution in [3.63, 3.8) is 0 Å². The minimum Gasteiger partial charge on any atom is -0.463 e. The SMILES string of the molecule is O=C(/C=C\C(=O)OCCCCCCc1ccccc1)OCCCCCCc1ccccc1. The summed E-state index contributed by atoms with van der Waals surface area (Å²) in [4.78, 5) is 23.3. The molecule has 0 radical (unpaired) electrons. The zero-order valence-corrected chi connectivity index (χ0v) is 19.0. The van der Waals surface area contributed by atoms with Gasteiger partial charge in [-0.15, -0.1) is 0 Å². The Morgan fingerprint density at radius 2 is 0.906 bits per heavy atom. The lowest BCUT2D eigenvalue weighted by Crippen LogP contribution is -2.06. The van der Waals surface area contributed by atoms with Crippen LogP contribution in [0.5, 0.6) is 0 Å². The van der Waals surface area contributed by atoms with Crippen LogP contribution in [-0.4, -0.2) is 25.2 Å². The number of unbranched alkanes of at least 4 members (excludes halogenated alkanes) is 6. The molecule has 0 aromatic heterocycles. The molecular weight excluding hydrogens is 400 g/mol. The van der Waals surface area contributed by atoms with Crippen molar-refractivity contribution < 1.29 is 19.1 Å². The molecule has 0 unspecified atom stereocenters. The molecule has 32 heavy (non-hydrogen) atoms.